The fraction of sp³-hybridized carbons (Fsp3) is 1.00. The van der Waals surface area contributed by atoms with Gasteiger partial charge < -0.3 is 4.52 Å². The van der Waals surface area contributed by atoms with E-state index in [4.69, 9.17) is 16.1 Å². The minimum Gasteiger partial charge on any atom is -0.316 e. The molecule has 1 aliphatic rings. The van der Waals surface area contributed by atoms with Gasteiger partial charge in [0.05, 0.1) is 6.61 Å². The smallest absolute Gasteiger partial charge is 0.269 e. The maximum atomic E-state index is 11.6. The molecule has 0 aliphatic carbocycles. The van der Waals surface area contributed by atoms with Crippen molar-refractivity contribution < 1.29 is 9.09 Å². The highest BCUT2D eigenvalue weighted by Gasteiger charge is 2.24. The van der Waals surface area contributed by atoms with Crippen LogP contribution in [0.15, 0.2) is 0 Å². The minimum absolute atomic E-state index is 0.381. The molecule has 0 saturated carbocycles. The van der Waals surface area contributed by atoms with Crippen LogP contribution in [0.5, 0.6) is 0 Å². The summed E-state index contributed by atoms with van der Waals surface area (Å²) in [4.78, 5) is 0. The molecule has 1 unspecified atom stereocenters. The van der Waals surface area contributed by atoms with Crippen molar-refractivity contribution in [3.63, 3.8) is 0 Å². The van der Waals surface area contributed by atoms with Crippen molar-refractivity contribution in [2.45, 2.75) is 12.8 Å². The lowest BCUT2D eigenvalue weighted by atomic mass is 10.3. The van der Waals surface area contributed by atoms with Crippen LogP contribution in [0.1, 0.15) is 12.8 Å². The lowest BCUT2D eigenvalue weighted by Gasteiger charge is -2.23. The molecule has 3 nitrogen and oxygen atoms in total. The van der Waals surface area contributed by atoms with E-state index in [0.29, 0.717) is 18.6 Å². The van der Waals surface area contributed by atoms with Crippen molar-refractivity contribution in [1.82, 2.24) is 5.09 Å². The van der Waals surface area contributed by atoms with E-state index in [0.717, 1.165) is 19.4 Å². The van der Waals surface area contributed by atoms with Gasteiger partial charge in [0.15, 0.2) is 0 Å². The zero-order valence-corrected chi connectivity index (χ0v) is 8.03. The van der Waals surface area contributed by atoms with E-state index in [-0.39, 0.29) is 0 Å². The molecule has 1 rings (SSSR count). The number of halogens is 1. The van der Waals surface area contributed by atoms with Gasteiger partial charge >= 0.3 is 0 Å². The van der Waals surface area contributed by atoms with Crippen molar-refractivity contribution in [3.05, 3.63) is 0 Å². The van der Waals surface area contributed by atoms with Gasteiger partial charge in [-0.1, -0.05) is 0 Å². The summed E-state index contributed by atoms with van der Waals surface area (Å²) in [7, 11) is -2.46. The third-order valence-electron chi connectivity index (χ3n) is 1.61. The van der Waals surface area contributed by atoms with Gasteiger partial charge in [0.25, 0.3) is 7.52 Å². The van der Waals surface area contributed by atoms with Crippen molar-refractivity contribution >= 4 is 19.1 Å². The summed E-state index contributed by atoms with van der Waals surface area (Å²) in [5.41, 5.74) is 0. The van der Waals surface area contributed by atoms with Crippen molar-refractivity contribution in [1.29, 1.82) is 0 Å². The van der Waals surface area contributed by atoms with Crippen LogP contribution in [-0.2, 0) is 9.09 Å². The molecule has 66 valence electrons. The molecule has 0 radical (unpaired) electrons. The summed E-state index contributed by atoms with van der Waals surface area (Å²) in [5, 5.41) is 2.90. The monoisotopic (exact) mass is 197 g/mol. The molecule has 1 atom stereocenters. The molecule has 1 aliphatic heterocycles. The van der Waals surface area contributed by atoms with E-state index in [1.54, 1.807) is 0 Å². The minimum atomic E-state index is -2.46. The molecule has 5 heteroatoms. The molecular formula is C6H13ClNO2P. The Kier molecular flexibility index (Phi) is 3.86. The van der Waals surface area contributed by atoms with Crippen LogP contribution < -0.4 is 5.09 Å². The zero-order valence-electron chi connectivity index (χ0n) is 6.38. The largest absolute Gasteiger partial charge is 0.316 e. The fourth-order valence-corrected chi connectivity index (χ4v) is 3.15. The molecule has 1 fully saturated rings. The fourth-order valence-electron chi connectivity index (χ4n) is 1.07. The lowest BCUT2D eigenvalue weighted by Crippen LogP contribution is -2.22. The van der Waals surface area contributed by atoms with E-state index < -0.39 is 7.52 Å². The van der Waals surface area contributed by atoms with Gasteiger partial charge in [-0.25, -0.2) is 5.09 Å². The SMILES string of the molecule is O=P1(OCCCl)CCCCN1. The van der Waals surface area contributed by atoms with Gasteiger partial charge in [0.1, 0.15) is 0 Å². The summed E-state index contributed by atoms with van der Waals surface area (Å²) in [5.74, 6) is 0.408. The summed E-state index contributed by atoms with van der Waals surface area (Å²) in [6.45, 7) is 1.19. The van der Waals surface area contributed by atoms with E-state index in [1.165, 1.54) is 0 Å². The average molecular weight is 198 g/mol. The van der Waals surface area contributed by atoms with Gasteiger partial charge in [-0.15, -0.1) is 11.6 Å². The standard InChI is InChI=1S/C6H13ClNO2P/c7-3-5-10-11(9)6-2-1-4-8-11/h1-6H2,(H,8,9). The molecule has 0 aromatic heterocycles. The van der Waals surface area contributed by atoms with Gasteiger partial charge in [-0.3, -0.25) is 4.57 Å². The molecule has 1 N–H and O–H groups in total. The molecule has 0 amide bonds. The first kappa shape index (κ1) is 9.53. The number of rotatable bonds is 3. The van der Waals surface area contributed by atoms with Crippen LogP contribution in [0.4, 0.5) is 0 Å². The summed E-state index contributed by atoms with van der Waals surface area (Å²) in [6.07, 6.45) is 2.74. The van der Waals surface area contributed by atoms with Crippen molar-refractivity contribution in [2.24, 2.45) is 0 Å². The van der Waals surface area contributed by atoms with Crippen molar-refractivity contribution in [2.75, 3.05) is 25.2 Å². The molecule has 11 heavy (non-hydrogen) atoms. The quantitative estimate of drug-likeness (QED) is 0.554. The Morgan fingerprint density at radius 1 is 1.55 bits per heavy atom. The zero-order chi connectivity index (χ0) is 8.16. The van der Waals surface area contributed by atoms with E-state index in [2.05, 4.69) is 5.09 Å². The second kappa shape index (κ2) is 4.46. The Bertz CT molecular complexity index is 155. The number of alkyl halides is 1. The third-order valence-corrected chi connectivity index (χ3v) is 3.97. The second-order valence-corrected chi connectivity index (χ2v) is 5.28. The molecule has 0 aromatic rings. The van der Waals surface area contributed by atoms with E-state index in [9.17, 15) is 4.57 Å². The molecule has 1 saturated heterocycles. The van der Waals surface area contributed by atoms with Crippen LogP contribution in [0.3, 0.4) is 0 Å². The Morgan fingerprint density at radius 3 is 2.91 bits per heavy atom. The number of hydrogen-bond donors (Lipinski definition) is 1. The van der Waals surface area contributed by atoms with Crippen LogP contribution >= 0.6 is 19.1 Å². The van der Waals surface area contributed by atoms with Crippen LogP contribution in [0.2, 0.25) is 0 Å². The van der Waals surface area contributed by atoms with Gasteiger partial charge in [0.2, 0.25) is 0 Å². The third kappa shape index (κ3) is 3.12. The predicted molar refractivity (Wildman–Crippen MR) is 46.4 cm³/mol. The Morgan fingerprint density at radius 2 is 2.36 bits per heavy atom. The first-order valence-electron chi connectivity index (χ1n) is 3.81. The molecule has 0 aromatic carbocycles. The molecule has 0 spiro atoms. The molecule has 1 heterocycles. The van der Waals surface area contributed by atoms with Gasteiger partial charge in [-0.05, 0) is 12.8 Å². The topological polar surface area (TPSA) is 38.3 Å². The van der Waals surface area contributed by atoms with Crippen LogP contribution in [-0.4, -0.2) is 25.2 Å². The van der Waals surface area contributed by atoms with Crippen LogP contribution in [0, 0.1) is 0 Å². The Labute approximate surface area is 72.0 Å². The highest BCUT2D eigenvalue weighted by Crippen LogP contribution is 2.45. The predicted octanol–water partition coefficient (Wildman–Crippen LogP) is 1.82. The van der Waals surface area contributed by atoms with E-state index >= 15 is 0 Å². The normalized spacial score (nSPS) is 32.1. The first-order chi connectivity index (χ1) is 5.27. The summed E-state index contributed by atoms with van der Waals surface area (Å²) < 4.78 is 16.7. The first-order valence-corrected chi connectivity index (χ1v) is 6.16. The number of nitrogens with one attached hydrogen (secondary N) is 1. The van der Waals surface area contributed by atoms with Gasteiger partial charge in [0, 0.05) is 18.6 Å². The maximum absolute atomic E-state index is 11.6. The Hall–Kier alpha value is 0.440. The molecular weight excluding hydrogens is 184 g/mol. The lowest BCUT2D eigenvalue weighted by molar-refractivity contribution is 0.320. The summed E-state index contributed by atoms with van der Waals surface area (Å²) >= 11 is 5.41. The highest BCUT2D eigenvalue weighted by atomic mass is 35.5. The highest BCUT2D eigenvalue weighted by molar-refractivity contribution is 7.56. The van der Waals surface area contributed by atoms with Crippen LogP contribution in [0.25, 0.3) is 0 Å². The second-order valence-electron chi connectivity index (χ2n) is 2.53. The molecule has 0 bridgehead atoms. The average Bonchev–Trinajstić information content (AvgIpc) is 2.03. The van der Waals surface area contributed by atoms with Crippen molar-refractivity contribution in [3.8, 4) is 0 Å². The summed E-state index contributed by atoms with van der Waals surface area (Å²) in [6, 6.07) is 0. The van der Waals surface area contributed by atoms with Gasteiger partial charge in [-0.2, -0.15) is 0 Å². The Balaban J connectivity index is 2.32. The van der Waals surface area contributed by atoms with E-state index in [1.807, 2.05) is 0 Å². The maximum Gasteiger partial charge on any atom is 0.269 e. The number of hydrogen-bond acceptors (Lipinski definition) is 2.